The second-order valence-electron chi connectivity index (χ2n) is 8.29. The van der Waals surface area contributed by atoms with Crippen LogP contribution >= 0.6 is 0 Å². The van der Waals surface area contributed by atoms with Crippen molar-refractivity contribution in [3.63, 3.8) is 0 Å². The Hall–Kier alpha value is -4.71. The first-order chi connectivity index (χ1) is 16.8. The number of carbonyl (C=O) groups is 1. The molecule has 9 heteroatoms. The fraction of sp³-hybridized carbons (Fsp3) is 0.192. The van der Waals surface area contributed by atoms with Crippen molar-refractivity contribution in [1.29, 1.82) is 5.26 Å². The summed E-state index contributed by atoms with van der Waals surface area (Å²) in [5.41, 5.74) is 2.74. The summed E-state index contributed by atoms with van der Waals surface area (Å²) >= 11 is 0. The summed E-state index contributed by atoms with van der Waals surface area (Å²) < 4.78 is 1.37. The number of anilines is 2. The second-order valence-corrected chi connectivity index (χ2v) is 8.29. The molecule has 176 valence electrons. The van der Waals surface area contributed by atoms with Gasteiger partial charge >= 0.3 is 5.97 Å². The molecule has 0 spiro atoms. The number of aromatic carboxylic acids is 1. The van der Waals surface area contributed by atoms with Gasteiger partial charge in [0.15, 0.2) is 11.4 Å². The number of carboxylic acid groups (broad SMARTS) is 1. The molecule has 0 unspecified atom stereocenters. The fourth-order valence-electron chi connectivity index (χ4n) is 3.96. The number of benzene rings is 1. The molecule has 0 aliphatic rings. The van der Waals surface area contributed by atoms with Crippen LogP contribution in [0.4, 0.5) is 11.5 Å². The third-order valence-electron chi connectivity index (χ3n) is 5.73. The fourth-order valence-corrected chi connectivity index (χ4v) is 3.96. The van der Waals surface area contributed by atoms with Crippen molar-refractivity contribution < 1.29 is 9.90 Å². The predicted octanol–water partition coefficient (Wildman–Crippen LogP) is 4.31. The number of rotatable bonds is 7. The van der Waals surface area contributed by atoms with Gasteiger partial charge in [0.2, 0.25) is 0 Å². The third kappa shape index (κ3) is 4.68. The van der Waals surface area contributed by atoms with Gasteiger partial charge in [0, 0.05) is 29.8 Å². The molecule has 3 heterocycles. The van der Waals surface area contributed by atoms with Crippen LogP contribution < -0.4 is 16.2 Å². The summed E-state index contributed by atoms with van der Waals surface area (Å²) in [4.78, 5) is 33.7. The lowest BCUT2D eigenvalue weighted by molar-refractivity contribution is 0.0698. The predicted molar refractivity (Wildman–Crippen MR) is 133 cm³/mol. The summed E-state index contributed by atoms with van der Waals surface area (Å²) in [7, 11) is 0. The van der Waals surface area contributed by atoms with Crippen molar-refractivity contribution in [2.75, 3.05) is 10.6 Å². The van der Waals surface area contributed by atoms with Crippen LogP contribution in [-0.4, -0.2) is 25.4 Å². The Labute approximate surface area is 201 Å². The normalized spacial score (nSPS) is 12.5. The summed E-state index contributed by atoms with van der Waals surface area (Å²) in [6.45, 7) is 5.60. The minimum Gasteiger partial charge on any atom is -0.478 e. The van der Waals surface area contributed by atoms with Gasteiger partial charge in [-0.2, -0.15) is 5.26 Å². The standard InChI is InChI=1S/C26H24N6O3/c1-15-11-20(17(3)29-22-9-5-4-8-19(22)26(34)35)24-31-23(21(12-27)25(33)32(24)14-15)30-16(2)18-7-6-10-28-13-18/h4-11,13-14,16-17,29-30H,1-3H3,(H,34,35)/t16-,17+/m0/s1. The van der Waals surface area contributed by atoms with Crippen LogP contribution in [0.15, 0.2) is 65.8 Å². The number of fused-ring (bicyclic) bond motifs is 1. The van der Waals surface area contributed by atoms with Crippen LogP contribution in [0.25, 0.3) is 5.65 Å². The Bertz CT molecular complexity index is 1510. The van der Waals surface area contributed by atoms with Gasteiger partial charge in [-0.25, -0.2) is 9.78 Å². The van der Waals surface area contributed by atoms with Gasteiger partial charge in [-0.3, -0.25) is 14.2 Å². The topological polar surface area (TPSA) is 132 Å². The lowest BCUT2D eigenvalue weighted by Gasteiger charge is -2.21. The maximum atomic E-state index is 13.3. The van der Waals surface area contributed by atoms with Gasteiger partial charge in [0.25, 0.3) is 5.56 Å². The van der Waals surface area contributed by atoms with Crippen LogP contribution in [-0.2, 0) is 0 Å². The zero-order chi connectivity index (χ0) is 25.1. The third-order valence-corrected chi connectivity index (χ3v) is 5.73. The van der Waals surface area contributed by atoms with E-state index in [9.17, 15) is 20.0 Å². The molecule has 0 saturated heterocycles. The van der Waals surface area contributed by atoms with Crippen LogP contribution in [0, 0.1) is 18.3 Å². The molecule has 0 radical (unpaired) electrons. The Morgan fingerprint density at radius 1 is 1.14 bits per heavy atom. The Balaban J connectivity index is 1.82. The van der Waals surface area contributed by atoms with Crippen molar-refractivity contribution in [1.82, 2.24) is 14.4 Å². The smallest absolute Gasteiger partial charge is 0.337 e. The number of nitriles is 1. The quantitative estimate of drug-likeness (QED) is 0.365. The monoisotopic (exact) mass is 468 g/mol. The molecule has 1 aromatic carbocycles. The SMILES string of the molecule is Cc1cc([C@@H](C)Nc2ccccc2C(=O)O)c2nc(N[C@@H](C)c3cccnc3)c(C#N)c(=O)n2c1. The molecular formula is C26H24N6O3. The molecule has 0 fully saturated rings. The van der Waals surface area contributed by atoms with E-state index in [0.29, 0.717) is 16.9 Å². The van der Waals surface area contributed by atoms with E-state index in [1.807, 2.05) is 45.0 Å². The summed E-state index contributed by atoms with van der Waals surface area (Å²) in [6, 6.07) is 13.6. The van der Waals surface area contributed by atoms with Gasteiger partial charge in [-0.1, -0.05) is 18.2 Å². The minimum absolute atomic E-state index is 0.0911. The Morgan fingerprint density at radius 2 is 1.91 bits per heavy atom. The average molecular weight is 469 g/mol. The van der Waals surface area contributed by atoms with E-state index in [2.05, 4.69) is 20.6 Å². The zero-order valence-corrected chi connectivity index (χ0v) is 19.5. The first-order valence-electron chi connectivity index (χ1n) is 11.0. The van der Waals surface area contributed by atoms with Crippen LogP contribution in [0.2, 0.25) is 0 Å². The number of nitrogens with zero attached hydrogens (tertiary/aromatic N) is 4. The van der Waals surface area contributed by atoms with Crippen molar-refractivity contribution in [3.8, 4) is 6.07 Å². The lowest BCUT2D eigenvalue weighted by Crippen LogP contribution is -2.24. The van der Waals surface area contributed by atoms with E-state index in [1.54, 1.807) is 36.8 Å². The maximum Gasteiger partial charge on any atom is 0.337 e. The highest BCUT2D eigenvalue weighted by atomic mass is 16.4. The molecule has 9 nitrogen and oxygen atoms in total. The number of hydrogen-bond acceptors (Lipinski definition) is 7. The van der Waals surface area contributed by atoms with Gasteiger partial charge in [0.05, 0.1) is 17.6 Å². The molecule has 0 saturated carbocycles. The van der Waals surface area contributed by atoms with E-state index in [-0.39, 0.29) is 23.0 Å². The van der Waals surface area contributed by atoms with E-state index in [4.69, 9.17) is 0 Å². The number of aryl methyl sites for hydroxylation is 1. The van der Waals surface area contributed by atoms with E-state index >= 15 is 0 Å². The van der Waals surface area contributed by atoms with Crippen molar-refractivity contribution in [3.05, 3.63) is 99.2 Å². The van der Waals surface area contributed by atoms with Gasteiger partial charge in [0.1, 0.15) is 11.7 Å². The lowest BCUT2D eigenvalue weighted by atomic mass is 10.1. The summed E-state index contributed by atoms with van der Waals surface area (Å²) in [5, 5.41) is 25.7. The van der Waals surface area contributed by atoms with Crippen LogP contribution in [0.5, 0.6) is 0 Å². The van der Waals surface area contributed by atoms with Crippen molar-refractivity contribution in [2.45, 2.75) is 32.9 Å². The molecule has 2 atom stereocenters. The number of hydrogen-bond donors (Lipinski definition) is 3. The van der Waals surface area contributed by atoms with Gasteiger partial charge < -0.3 is 15.7 Å². The number of pyridine rings is 2. The largest absolute Gasteiger partial charge is 0.478 e. The molecule has 4 aromatic rings. The van der Waals surface area contributed by atoms with Gasteiger partial charge in [-0.05, 0) is 56.2 Å². The van der Waals surface area contributed by atoms with Gasteiger partial charge in [-0.15, -0.1) is 0 Å². The maximum absolute atomic E-state index is 13.3. The second kappa shape index (κ2) is 9.65. The highest BCUT2D eigenvalue weighted by Gasteiger charge is 2.20. The molecule has 0 aliphatic heterocycles. The number of nitrogens with one attached hydrogen (secondary N) is 2. The Kier molecular flexibility index (Phi) is 6.46. The first kappa shape index (κ1) is 23.4. The molecular weight excluding hydrogens is 444 g/mol. The molecule has 35 heavy (non-hydrogen) atoms. The highest BCUT2D eigenvalue weighted by molar-refractivity contribution is 5.94. The zero-order valence-electron chi connectivity index (χ0n) is 19.5. The molecule has 3 N–H and O–H groups in total. The molecule has 3 aromatic heterocycles. The van der Waals surface area contributed by atoms with Crippen LogP contribution in [0.1, 0.15) is 58.5 Å². The first-order valence-corrected chi connectivity index (χ1v) is 11.0. The van der Waals surface area contributed by atoms with E-state index < -0.39 is 17.6 Å². The highest BCUT2D eigenvalue weighted by Crippen LogP contribution is 2.27. The average Bonchev–Trinajstić information content (AvgIpc) is 2.85. The van der Waals surface area contributed by atoms with E-state index in [0.717, 1.165) is 11.1 Å². The molecule has 0 bridgehead atoms. The molecule has 0 amide bonds. The molecule has 4 rings (SSSR count). The van der Waals surface area contributed by atoms with Crippen molar-refractivity contribution in [2.24, 2.45) is 0 Å². The summed E-state index contributed by atoms with van der Waals surface area (Å²) in [5.74, 6) is -0.865. The summed E-state index contributed by atoms with van der Waals surface area (Å²) in [6.07, 6.45) is 5.02. The minimum atomic E-state index is -1.04. The van der Waals surface area contributed by atoms with Crippen molar-refractivity contribution >= 4 is 23.1 Å². The van der Waals surface area contributed by atoms with Crippen LogP contribution in [0.3, 0.4) is 0 Å². The number of carboxylic acids is 1. The van der Waals surface area contributed by atoms with E-state index in [1.165, 1.54) is 10.5 Å². The number of para-hydroxylation sites is 1. The molecule has 0 aliphatic carbocycles. The number of aromatic nitrogens is 3. The Morgan fingerprint density at radius 3 is 2.60 bits per heavy atom.